The van der Waals surface area contributed by atoms with Crippen LogP contribution in [0.1, 0.15) is 30.0 Å². The molecule has 0 radical (unpaired) electrons. The Morgan fingerprint density at radius 1 is 1.35 bits per heavy atom. The Balaban J connectivity index is 2.58. The lowest BCUT2D eigenvalue weighted by atomic mass is 10.0. The van der Waals surface area contributed by atoms with E-state index in [0.29, 0.717) is 6.42 Å². The Morgan fingerprint density at radius 2 is 2.06 bits per heavy atom. The summed E-state index contributed by atoms with van der Waals surface area (Å²) in [6.07, 6.45) is 1.41. The molecule has 1 atom stereocenters. The maximum Gasteiger partial charge on any atom is 0.224 e. The number of benzene rings is 1. The number of carbonyl (C=O) groups excluding carboxylic acids is 1. The van der Waals surface area contributed by atoms with Gasteiger partial charge in [-0.25, -0.2) is 0 Å². The molecule has 0 bridgehead atoms. The minimum atomic E-state index is 0.0968. The van der Waals surface area contributed by atoms with Gasteiger partial charge in [0, 0.05) is 11.4 Å². The van der Waals surface area contributed by atoms with E-state index in [9.17, 15) is 4.79 Å². The zero-order valence-electron chi connectivity index (χ0n) is 10.7. The minimum Gasteiger partial charge on any atom is -0.352 e. The summed E-state index contributed by atoms with van der Waals surface area (Å²) in [4.78, 5) is 11.8. The van der Waals surface area contributed by atoms with Crippen molar-refractivity contribution in [3.8, 4) is 0 Å². The average molecular weight is 298 g/mol. The number of alkyl halides is 1. The second-order valence-electron chi connectivity index (χ2n) is 4.42. The van der Waals surface area contributed by atoms with E-state index >= 15 is 0 Å². The number of halogens is 1. The molecule has 3 heteroatoms. The average Bonchev–Trinajstić information content (AvgIpc) is 2.31. The highest BCUT2D eigenvalue weighted by Crippen LogP contribution is 2.10. The molecule has 0 aromatic heterocycles. The lowest BCUT2D eigenvalue weighted by Crippen LogP contribution is -2.36. The highest BCUT2D eigenvalue weighted by Gasteiger charge is 2.09. The van der Waals surface area contributed by atoms with Crippen molar-refractivity contribution in [2.45, 2.75) is 39.7 Å². The highest BCUT2D eigenvalue weighted by molar-refractivity contribution is 9.09. The zero-order chi connectivity index (χ0) is 12.8. The summed E-state index contributed by atoms with van der Waals surface area (Å²) >= 11 is 3.40. The first-order valence-electron chi connectivity index (χ1n) is 5.98. The van der Waals surface area contributed by atoms with Crippen LogP contribution in [0, 0.1) is 13.8 Å². The van der Waals surface area contributed by atoms with E-state index in [2.05, 4.69) is 54.2 Å². The number of carbonyl (C=O) groups is 1. The van der Waals surface area contributed by atoms with Crippen LogP contribution in [0.3, 0.4) is 0 Å². The zero-order valence-corrected chi connectivity index (χ0v) is 12.3. The summed E-state index contributed by atoms with van der Waals surface area (Å²) < 4.78 is 0. The first-order valence-corrected chi connectivity index (χ1v) is 7.10. The number of amides is 1. The Hall–Kier alpha value is -0.830. The lowest BCUT2D eigenvalue weighted by molar-refractivity contribution is -0.121. The van der Waals surface area contributed by atoms with Crippen molar-refractivity contribution in [3.63, 3.8) is 0 Å². The van der Waals surface area contributed by atoms with Crippen molar-refractivity contribution in [1.29, 1.82) is 0 Å². The predicted molar refractivity (Wildman–Crippen MR) is 75.6 cm³/mol. The molecule has 1 rings (SSSR count). The van der Waals surface area contributed by atoms with E-state index in [-0.39, 0.29) is 11.9 Å². The highest BCUT2D eigenvalue weighted by atomic mass is 79.9. The molecule has 0 saturated heterocycles. The molecule has 0 aliphatic carbocycles. The van der Waals surface area contributed by atoms with Gasteiger partial charge >= 0.3 is 0 Å². The van der Waals surface area contributed by atoms with Gasteiger partial charge in [-0.2, -0.15) is 0 Å². The van der Waals surface area contributed by atoms with Crippen molar-refractivity contribution in [2.75, 3.05) is 5.33 Å². The third-order valence-electron chi connectivity index (χ3n) is 2.98. The van der Waals surface area contributed by atoms with Crippen molar-refractivity contribution in [3.05, 3.63) is 34.9 Å². The Bertz CT molecular complexity index is 386. The fourth-order valence-electron chi connectivity index (χ4n) is 1.63. The smallest absolute Gasteiger partial charge is 0.224 e. The molecular weight excluding hydrogens is 278 g/mol. The van der Waals surface area contributed by atoms with Gasteiger partial charge in [-0.05, 0) is 37.0 Å². The Kier molecular flexibility index (Phi) is 5.69. The molecule has 1 aromatic carbocycles. The SMILES string of the molecule is CCC(CBr)NC(=O)Cc1ccc(C)c(C)c1. The fraction of sp³-hybridized carbons (Fsp3) is 0.500. The summed E-state index contributed by atoms with van der Waals surface area (Å²) in [7, 11) is 0. The normalized spacial score (nSPS) is 12.2. The van der Waals surface area contributed by atoms with Gasteiger partial charge in [0.15, 0.2) is 0 Å². The van der Waals surface area contributed by atoms with Crippen LogP contribution >= 0.6 is 15.9 Å². The summed E-state index contributed by atoms with van der Waals surface area (Å²) in [5.41, 5.74) is 3.58. The topological polar surface area (TPSA) is 29.1 Å². The maximum absolute atomic E-state index is 11.8. The monoisotopic (exact) mass is 297 g/mol. The van der Waals surface area contributed by atoms with Gasteiger partial charge in [-0.3, -0.25) is 4.79 Å². The van der Waals surface area contributed by atoms with Crippen LogP contribution in [-0.2, 0) is 11.2 Å². The lowest BCUT2D eigenvalue weighted by Gasteiger charge is -2.14. The van der Waals surface area contributed by atoms with Crippen LogP contribution in [-0.4, -0.2) is 17.3 Å². The number of aryl methyl sites for hydroxylation is 2. The maximum atomic E-state index is 11.8. The van der Waals surface area contributed by atoms with E-state index < -0.39 is 0 Å². The number of hydrogen-bond acceptors (Lipinski definition) is 1. The van der Waals surface area contributed by atoms with Crippen molar-refractivity contribution in [1.82, 2.24) is 5.32 Å². The summed E-state index contributed by atoms with van der Waals surface area (Å²) in [6.45, 7) is 6.23. The molecule has 1 aromatic rings. The molecular formula is C14H20BrNO. The first kappa shape index (κ1) is 14.2. The molecule has 1 amide bonds. The molecule has 0 fully saturated rings. The molecule has 1 N–H and O–H groups in total. The van der Waals surface area contributed by atoms with Gasteiger partial charge < -0.3 is 5.32 Å². The molecule has 17 heavy (non-hydrogen) atoms. The third-order valence-corrected chi connectivity index (χ3v) is 3.76. The molecule has 0 heterocycles. The van der Waals surface area contributed by atoms with Crippen LogP contribution in [0.25, 0.3) is 0 Å². The number of rotatable bonds is 5. The number of nitrogens with one attached hydrogen (secondary N) is 1. The minimum absolute atomic E-state index is 0.0968. The second kappa shape index (κ2) is 6.80. The van der Waals surface area contributed by atoms with E-state index in [1.54, 1.807) is 0 Å². The van der Waals surface area contributed by atoms with Crippen LogP contribution in [0.15, 0.2) is 18.2 Å². The van der Waals surface area contributed by atoms with Gasteiger partial charge in [-0.1, -0.05) is 41.1 Å². The molecule has 1 unspecified atom stereocenters. The van der Waals surface area contributed by atoms with E-state index in [1.165, 1.54) is 11.1 Å². The molecule has 94 valence electrons. The van der Waals surface area contributed by atoms with Crippen LogP contribution < -0.4 is 5.32 Å². The Labute approximate surface area is 112 Å². The molecule has 0 aliphatic heterocycles. The van der Waals surface area contributed by atoms with Gasteiger partial charge in [0.05, 0.1) is 6.42 Å². The third kappa shape index (κ3) is 4.50. The standard InChI is InChI=1S/C14H20BrNO/c1-4-13(9-15)16-14(17)8-12-6-5-10(2)11(3)7-12/h5-7,13H,4,8-9H2,1-3H3,(H,16,17). The van der Waals surface area contributed by atoms with Crippen LogP contribution in [0.2, 0.25) is 0 Å². The quantitative estimate of drug-likeness (QED) is 0.831. The van der Waals surface area contributed by atoms with E-state index in [4.69, 9.17) is 0 Å². The summed E-state index contributed by atoms with van der Waals surface area (Å²) in [6, 6.07) is 6.41. The van der Waals surface area contributed by atoms with Crippen molar-refractivity contribution in [2.24, 2.45) is 0 Å². The fourth-order valence-corrected chi connectivity index (χ4v) is 2.25. The van der Waals surface area contributed by atoms with Crippen molar-refractivity contribution >= 4 is 21.8 Å². The van der Waals surface area contributed by atoms with Gasteiger partial charge in [0.2, 0.25) is 5.91 Å². The second-order valence-corrected chi connectivity index (χ2v) is 5.07. The van der Waals surface area contributed by atoms with Gasteiger partial charge in [-0.15, -0.1) is 0 Å². The van der Waals surface area contributed by atoms with Gasteiger partial charge in [0.25, 0.3) is 0 Å². The molecule has 0 spiro atoms. The number of hydrogen-bond donors (Lipinski definition) is 1. The Morgan fingerprint density at radius 3 is 2.59 bits per heavy atom. The van der Waals surface area contributed by atoms with Gasteiger partial charge in [0.1, 0.15) is 0 Å². The first-order chi connectivity index (χ1) is 8.06. The van der Waals surface area contributed by atoms with Crippen LogP contribution in [0.4, 0.5) is 0 Å². The summed E-state index contributed by atoms with van der Waals surface area (Å²) in [5, 5.41) is 3.82. The molecule has 2 nitrogen and oxygen atoms in total. The van der Waals surface area contributed by atoms with Crippen LogP contribution in [0.5, 0.6) is 0 Å². The van der Waals surface area contributed by atoms with E-state index in [0.717, 1.165) is 17.3 Å². The summed E-state index contributed by atoms with van der Waals surface area (Å²) in [5.74, 6) is 0.0968. The largest absolute Gasteiger partial charge is 0.352 e. The molecule has 0 aliphatic rings. The predicted octanol–water partition coefficient (Wildman–Crippen LogP) is 3.14. The van der Waals surface area contributed by atoms with E-state index in [1.807, 2.05) is 6.07 Å². The molecule has 0 saturated carbocycles. The van der Waals surface area contributed by atoms with Crippen molar-refractivity contribution < 1.29 is 4.79 Å².